The van der Waals surface area contributed by atoms with Crippen LogP contribution in [0.15, 0.2) is 48.7 Å². The van der Waals surface area contributed by atoms with Gasteiger partial charge in [0.15, 0.2) is 0 Å². The quantitative estimate of drug-likeness (QED) is 0.239. The molecule has 0 aliphatic heterocycles. The molecule has 0 aliphatic carbocycles. The van der Waals surface area contributed by atoms with Gasteiger partial charge in [0.1, 0.15) is 22.0 Å². The molecule has 11 heteroatoms. The number of hydrogen-bond acceptors (Lipinski definition) is 8. The molecule has 0 saturated heterocycles. The van der Waals surface area contributed by atoms with Gasteiger partial charge in [0.05, 0.1) is 22.2 Å². The van der Waals surface area contributed by atoms with E-state index in [1.807, 2.05) is 43.5 Å². The summed E-state index contributed by atoms with van der Waals surface area (Å²) < 4.78 is 29.5. The van der Waals surface area contributed by atoms with E-state index in [9.17, 15) is 23.1 Å². The van der Waals surface area contributed by atoms with E-state index in [1.54, 1.807) is 35.2 Å². The zero-order chi connectivity index (χ0) is 29.3. The Morgan fingerprint density at radius 2 is 1.90 bits per heavy atom. The number of hydrogen-bond donors (Lipinski definition) is 2. The van der Waals surface area contributed by atoms with Gasteiger partial charge in [-0.1, -0.05) is 44.2 Å². The highest BCUT2D eigenvalue weighted by Crippen LogP contribution is 2.31. The summed E-state index contributed by atoms with van der Waals surface area (Å²) in [5, 5.41) is 13.2. The van der Waals surface area contributed by atoms with Gasteiger partial charge in [-0.2, -0.15) is 11.8 Å². The van der Waals surface area contributed by atoms with E-state index in [1.165, 1.54) is 0 Å². The van der Waals surface area contributed by atoms with Crippen LogP contribution < -0.4 is 5.32 Å². The van der Waals surface area contributed by atoms with Crippen molar-refractivity contribution in [1.29, 1.82) is 0 Å². The van der Waals surface area contributed by atoms with Crippen LogP contribution in [0.3, 0.4) is 0 Å². The van der Waals surface area contributed by atoms with Crippen molar-refractivity contribution in [3.63, 3.8) is 0 Å². The van der Waals surface area contributed by atoms with E-state index >= 15 is 0 Å². The number of aryl methyl sites for hydroxylation is 2. The molecule has 2 N–H and O–H groups in total. The van der Waals surface area contributed by atoms with Gasteiger partial charge in [-0.15, -0.1) is 11.3 Å². The van der Waals surface area contributed by atoms with Crippen LogP contribution in [-0.4, -0.2) is 59.9 Å². The molecule has 40 heavy (non-hydrogen) atoms. The number of carboxylic acid groups (broad SMARTS) is 1. The van der Waals surface area contributed by atoms with Gasteiger partial charge in [0, 0.05) is 23.8 Å². The summed E-state index contributed by atoms with van der Waals surface area (Å²) in [5.74, 6) is -0.438. The largest absolute Gasteiger partial charge is 0.480 e. The minimum Gasteiger partial charge on any atom is -0.480 e. The second-order valence-electron chi connectivity index (χ2n) is 9.45. The number of nitrogens with zero attached hydrogens (tertiary/aromatic N) is 1. The van der Waals surface area contributed by atoms with Crippen LogP contribution in [0.1, 0.15) is 57.7 Å². The fraction of sp³-hybridized carbons (Fsp3) is 0.414. The van der Waals surface area contributed by atoms with Crippen LogP contribution in [-0.2, 0) is 32.4 Å². The molecule has 3 aromatic rings. The minimum absolute atomic E-state index is 0.112. The summed E-state index contributed by atoms with van der Waals surface area (Å²) in [6.45, 7) is 6.45. The molecule has 3 rings (SSSR count). The standard InChI is InChI=1S/C29H36N2O6S3/c1-5-27-30-16-26(39-27)25(18-38-6-2)37-17-20-11-12-22(23(15-20)21-10-8-7-9-19(21)3)28(32)31-24(29(33)34)13-14-40(4,35)36/h7-12,15-16,24-25H,5-6,13-14,17-18H2,1-4H3,(H,31,32)(H,33,34). The maximum atomic E-state index is 13.3. The van der Waals surface area contributed by atoms with E-state index in [-0.39, 0.29) is 18.3 Å². The Morgan fingerprint density at radius 3 is 2.52 bits per heavy atom. The van der Waals surface area contributed by atoms with Crippen molar-refractivity contribution in [2.45, 2.75) is 52.4 Å². The molecule has 0 saturated carbocycles. The van der Waals surface area contributed by atoms with Crippen molar-refractivity contribution in [2.24, 2.45) is 0 Å². The molecule has 0 fully saturated rings. The molecular weight excluding hydrogens is 569 g/mol. The van der Waals surface area contributed by atoms with E-state index in [0.717, 1.165) is 50.8 Å². The van der Waals surface area contributed by atoms with Gasteiger partial charge in [-0.25, -0.2) is 18.2 Å². The molecule has 2 aromatic carbocycles. The highest BCUT2D eigenvalue weighted by molar-refractivity contribution is 7.99. The third-order valence-corrected chi connectivity index (χ3v) is 9.42. The molecule has 0 spiro atoms. The number of aliphatic carboxylic acids is 1. The van der Waals surface area contributed by atoms with Crippen molar-refractivity contribution < 1.29 is 27.9 Å². The van der Waals surface area contributed by atoms with Crippen LogP contribution in [0.25, 0.3) is 11.1 Å². The maximum Gasteiger partial charge on any atom is 0.326 e. The highest BCUT2D eigenvalue weighted by atomic mass is 32.2. The highest BCUT2D eigenvalue weighted by Gasteiger charge is 2.24. The first-order valence-electron chi connectivity index (χ1n) is 13.1. The Morgan fingerprint density at radius 1 is 1.15 bits per heavy atom. The van der Waals surface area contributed by atoms with Crippen molar-refractivity contribution in [1.82, 2.24) is 10.3 Å². The number of thiazole rings is 1. The lowest BCUT2D eigenvalue weighted by Gasteiger charge is -2.19. The summed E-state index contributed by atoms with van der Waals surface area (Å²) in [6, 6.07) is 11.7. The number of carbonyl (C=O) groups is 2. The van der Waals surface area contributed by atoms with Crippen LogP contribution in [0.2, 0.25) is 0 Å². The van der Waals surface area contributed by atoms with Crippen LogP contribution in [0.4, 0.5) is 0 Å². The Balaban J connectivity index is 1.90. The molecule has 0 bridgehead atoms. The van der Waals surface area contributed by atoms with Crippen molar-refractivity contribution >= 4 is 44.8 Å². The minimum atomic E-state index is -3.39. The van der Waals surface area contributed by atoms with Gasteiger partial charge >= 0.3 is 5.97 Å². The Bertz CT molecular complexity index is 1420. The average Bonchev–Trinajstić information content (AvgIpc) is 3.39. The Hall–Kier alpha value is -2.73. The zero-order valence-electron chi connectivity index (χ0n) is 23.2. The second kappa shape index (κ2) is 14.8. The van der Waals surface area contributed by atoms with Crippen LogP contribution in [0, 0.1) is 6.92 Å². The predicted octanol–water partition coefficient (Wildman–Crippen LogP) is 5.31. The average molecular weight is 605 g/mol. The monoisotopic (exact) mass is 604 g/mol. The molecule has 1 aromatic heterocycles. The normalized spacial score (nSPS) is 13.1. The van der Waals surface area contributed by atoms with Gasteiger partial charge in [-0.3, -0.25) is 4.79 Å². The molecule has 2 unspecified atom stereocenters. The molecule has 1 amide bonds. The number of sulfone groups is 1. The molecule has 1 heterocycles. The van der Waals surface area contributed by atoms with Crippen LogP contribution in [0.5, 0.6) is 0 Å². The van der Waals surface area contributed by atoms with Crippen molar-refractivity contribution in [3.05, 3.63) is 75.2 Å². The van der Waals surface area contributed by atoms with E-state index < -0.39 is 27.8 Å². The zero-order valence-corrected chi connectivity index (χ0v) is 25.6. The SMILES string of the molecule is CCSCC(OCc1ccc(C(=O)NC(CCS(C)(=O)=O)C(=O)O)c(-c2ccccc2C)c1)c1cnc(CC)s1. The lowest BCUT2D eigenvalue weighted by molar-refractivity contribution is -0.139. The van der Waals surface area contributed by atoms with Gasteiger partial charge in [0.2, 0.25) is 0 Å². The summed E-state index contributed by atoms with van der Waals surface area (Å²) in [7, 11) is -3.39. The molecular formula is C29H36N2O6S3. The van der Waals surface area contributed by atoms with Crippen LogP contribution >= 0.6 is 23.1 Å². The fourth-order valence-electron chi connectivity index (χ4n) is 4.07. The van der Waals surface area contributed by atoms with Crippen molar-refractivity contribution in [2.75, 3.05) is 23.5 Å². The number of benzene rings is 2. The fourth-order valence-corrected chi connectivity index (χ4v) is 6.48. The number of nitrogens with one attached hydrogen (secondary N) is 1. The third kappa shape index (κ3) is 9.15. The lowest BCUT2D eigenvalue weighted by Crippen LogP contribution is -2.42. The first-order valence-corrected chi connectivity index (χ1v) is 17.1. The number of thioether (sulfide) groups is 1. The third-order valence-electron chi connectivity index (χ3n) is 6.26. The van der Waals surface area contributed by atoms with Gasteiger partial charge in [0.25, 0.3) is 5.91 Å². The number of amides is 1. The number of ether oxygens (including phenoxy) is 1. The number of rotatable bonds is 15. The molecule has 216 valence electrons. The number of carboxylic acids is 1. The summed E-state index contributed by atoms with van der Waals surface area (Å²) in [4.78, 5) is 30.7. The topological polar surface area (TPSA) is 123 Å². The summed E-state index contributed by atoms with van der Waals surface area (Å²) in [6.07, 6.45) is 3.46. The van der Waals surface area contributed by atoms with Crippen molar-refractivity contribution in [3.8, 4) is 11.1 Å². The Labute approximate surface area is 244 Å². The first kappa shape index (κ1) is 31.8. The smallest absolute Gasteiger partial charge is 0.326 e. The molecule has 0 aliphatic rings. The molecule has 0 radical (unpaired) electrons. The summed E-state index contributed by atoms with van der Waals surface area (Å²) in [5.41, 5.74) is 3.61. The van der Waals surface area contributed by atoms with Gasteiger partial charge < -0.3 is 15.2 Å². The summed E-state index contributed by atoms with van der Waals surface area (Å²) >= 11 is 3.46. The molecule has 8 nitrogen and oxygen atoms in total. The van der Waals surface area contributed by atoms with Gasteiger partial charge in [-0.05, 0) is 59.9 Å². The second-order valence-corrected chi connectivity index (χ2v) is 14.2. The van der Waals surface area contributed by atoms with E-state index in [2.05, 4.69) is 24.1 Å². The van der Waals surface area contributed by atoms with E-state index in [0.29, 0.717) is 17.7 Å². The number of carbonyl (C=O) groups excluding carboxylic acids is 1. The number of aromatic nitrogens is 1. The Kier molecular flexibility index (Phi) is 11.7. The van der Waals surface area contributed by atoms with E-state index in [4.69, 9.17) is 4.74 Å². The predicted molar refractivity (Wildman–Crippen MR) is 162 cm³/mol. The lowest BCUT2D eigenvalue weighted by atomic mass is 9.93. The maximum absolute atomic E-state index is 13.3. The first-order chi connectivity index (χ1) is 19.0. The molecule has 2 atom stereocenters.